The van der Waals surface area contributed by atoms with Crippen molar-refractivity contribution in [3.05, 3.63) is 53.1 Å². The predicted octanol–water partition coefficient (Wildman–Crippen LogP) is 4.89. The summed E-state index contributed by atoms with van der Waals surface area (Å²) in [6, 6.07) is 8.69. The molecule has 2 aromatic rings. The SMILES string of the molecule is CC(=O)N(C(C)=O)c1ccc(-c2ccc(C)cc2C)c(C(F)(F)F)c1. The van der Waals surface area contributed by atoms with E-state index in [1.165, 1.54) is 12.1 Å². The zero-order valence-corrected chi connectivity index (χ0v) is 14.4. The predicted molar refractivity (Wildman–Crippen MR) is 90.2 cm³/mol. The highest BCUT2D eigenvalue weighted by molar-refractivity contribution is 6.13. The Bertz CT molecular complexity index is 827. The van der Waals surface area contributed by atoms with Gasteiger partial charge in [-0.3, -0.25) is 14.5 Å². The van der Waals surface area contributed by atoms with Crippen molar-refractivity contribution in [1.82, 2.24) is 0 Å². The first-order valence-corrected chi connectivity index (χ1v) is 7.62. The Morgan fingerprint density at radius 2 is 1.44 bits per heavy atom. The van der Waals surface area contributed by atoms with Crippen LogP contribution in [0.2, 0.25) is 0 Å². The molecule has 0 saturated carbocycles. The van der Waals surface area contributed by atoms with Crippen LogP contribution >= 0.6 is 0 Å². The fourth-order valence-corrected chi connectivity index (χ4v) is 2.84. The number of amides is 2. The summed E-state index contributed by atoms with van der Waals surface area (Å²) in [6.07, 6.45) is -4.62. The number of carbonyl (C=O) groups excluding carboxylic acids is 2. The third-order valence-corrected chi connectivity index (χ3v) is 3.87. The number of benzene rings is 2. The summed E-state index contributed by atoms with van der Waals surface area (Å²) in [5.41, 5.74) is 1.16. The van der Waals surface area contributed by atoms with Crippen molar-refractivity contribution in [2.75, 3.05) is 4.90 Å². The largest absolute Gasteiger partial charge is 0.417 e. The van der Waals surface area contributed by atoms with Gasteiger partial charge in [0.1, 0.15) is 0 Å². The quantitative estimate of drug-likeness (QED) is 0.774. The van der Waals surface area contributed by atoms with E-state index in [1.807, 2.05) is 6.92 Å². The van der Waals surface area contributed by atoms with Crippen LogP contribution in [0.4, 0.5) is 18.9 Å². The molecule has 2 amide bonds. The van der Waals surface area contributed by atoms with E-state index in [4.69, 9.17) is 0 Å². The first kappa shape index (κ1) is 18.7. The van der Waals surface area contributed by atoms with E-state index in [-0.39, 0.29) is 11.3 Å². The molecular formula is C19H18F3NO2. The second-order valence-corrected chi connectivity index (χ2v) is 5.92. The summed E-state index contributed by atoms with van der Waals surface area (Å²) in [5.74, 6) is -1.28. The Morgan fingerprint density at radius 3 is 1.92 bits per heavy atom. The molecular weight excluding hydrogens is 331 g/mol. The lowest BCUT2D eigenvalue weighted by Gasteiger charge is -2.21. The topological polar surface area (TPSA) is 37.4 Å². The van der Waals surface area contributed by atoms with Gasteiger partial charge in [0.2, 0.25) is 11.8 Å². The first-order valence-electron chi connectivity index (χ1n) is 7.62. The van der Waals surface area contributed by atoms with Crippen LogP contribution in [-0.4, -0.2) is 11.8 Å². The fraction of sp³-hybridized carbons (Fsp3) is 0.263. The molecule has 6 heteroatoms. The molecule has 0 aliphatic carbocycles. The van der Waals surface area contributed by atoms with Gasteiger partial charge in [0.25, 0.3) is 0 Å². The lowest BCUT2D eigenvalue weighted by atomic mass is 9.94. The highest BCUT2D eigenvalue weighted by atomic mass is 19.4. The molecule has 0 saturated heterocycles. The van der Waals surface area contributed by atoms with Gasteiger partial charge < -0.3 is 0 Å². The number of alkyl halides is 3. The van der Waals surface area contributed by atoms with Gasteiger partial charge in [-0.05, 0) is 42.7 Å². The highest BCUT2D eigenvalue weighted by Crippen LogP contribution is 2.40. The van der Waals surface area contributed by atoms with Crippen LogP contribution in [0, 0.1) is 13.8 Å². The lowest BCUT2D eigenvalue weighted by Crippen LogP contribution is -2.33. The van der Waals surface area contributed by atoms with Crippen molar-refractivity contribution < 1.29 is 22.8 Å². The van der Waals surface area contributed by atoms with Crippen molar-refractivity contribution in [1.29, 1.82) is 0 Å². The molecule has 0 radical (unpaired) electrons. The molecule has 0 unspecified atom stereocenters. The van der Waals surface area contributed by atoms with E-state index < -0.39 is 23.6 Å². The summed E-state index contributed by atoms with van der Waals surface area (Å²) < 4.78 is 40.8. The monoisotopic (exact) mass is 349 g/mol. The van der Waals surface area contributed by atoms with Crippen LogP contribution in [-0.2, 0) is 15.8 Å². The Kier molecular flexibility index (Phi) is 5.02. The van der Waals surface area contributed by atoms with E-state index in [1.54, 1.807) is 25.1 Å². The number of hydrogen-bond acceptors (Lipinski definition) is 2. The summed E-state index contributed by atoms with van der Waals surface area (Å²) in [5, 5.41) is 0. The summed E-state index contributed by atoms with van der Waals surface area (Å²) in [6.45, 7) is 5.87. The van der Waals surface area contributed by atoms with Crippen LogP contribution in [0.5, 0.6) is 0 Å². The summed E-state index contributed by atoms with van der Waals surface area (Å²) in [7, 11) is 0. The summed E-state index contributed by atoms with van der Waals surface area (Å²) in [4.78, 5) is 24.0. The summed E-state index contributed by atoms with van der Waals surface area (Å²) >= 11 is 0. The molecule has 0 N–H and O–H groups in total. The van der Waals surface area contributed by atoms with Crippen LogP contribution in [0.3, 0.4) is 0 Å². The normalized spacial score (nSPS) is 11.3. The standard InChI is InChI=1S/C19H18F3NO2/c1-11-5-7-16(12(2)9-11)17-8-6-15(10-18(17)19(20,21)22)23(13(3)24)14(4)25/h5-10H,1-4H3. The van der Waals surface area contributed by atoms with Gasteiger partial charge in [-0.1, -0.05) is 29.8 Å². The molecule has 2 aromatic carbocycles. The van der Waals surface area contributed by atoms with E-state index >= 15 is 0 Å². The van der Waals surface area contributed by atoms with Crippen molar-refractivity contribution in [2.24, 2.45) is 0 Å². The Morgan fingerprint density at radius 1 is 0.880 bits per heavy atom. The molecule has 2 rings (SSSR count). The van der Waals surface area contributed by atoms with Gasteiger partial charge in [-0.15, -0.1) is 0 Å². The van der Waals surface area contributed by atoms with Crippen molar-refractivity contribution >= 4 is 17.5 Å². The average Bonchev–Trinajstić information content (AvgIpc) is 2.46. The zero-order chi connectivity index (χ0) is 18.9. The van der Waals surface area contributed by atoms with Crippen molar-refractivity contribution in [3.63, 3.8) is 0 Å². The minimum atomic E-state index is -4.62. The Balaban J connectivity index is 2.71. The number of nitrogens with zero attached hydrogens (tertiary/aromatic N) is 1. The van der Waals surface area contributed by atoms with Crippen LogP contribution < -0.4 is 4.90 Å². The number of hydrogen-bond donors (Lipinski definition) is 0. The van der Waals surface area contributed by atoms with E-state index in [9.17, 15) is 22.8 Å². The fourth-order valence-electron chi connectivity index (χ4n) is 2.84. The first-order chi connectivity index (χ1) is 11.5. The third kappa shape index (κ3) is 3.90. The molecule has 0 fully saturated rings. The molecule has 0 aromatic heterocycles. The third-order valence-electron chi connectivity index (χ3n) is 3.87. The van der Waals surface area contributed by atoms with Crippen molar-refractivity contribution in [2.45, 2.75) is 33.9 Å². The van der Waals surface area contributed by atoms with Crippen molar-refractivity contribution in [3.8, 4) is 11.1 Å². The number of halogens is 3. The van der Waals surface area contributed by atoms with Crippen LogP contribution in [0.1, 0.15) is 30.5 Å². The number of imide groups is 1. The molecule has 0 heterocycles. The molecule has 3 nitrogen and oxygen atoms in total. The molecule has 25 heavy (non-hydrogen) atoms. The minimum Gasteiger partial charge on any atom is -0.274 e. The van der Waals surface area contributed by atoms with Gasteiger partial charge in [-0.25, -0.2) is 0 Å². The number of rotatable bonds is 2. The molecule has 0 spiro atoms. The van der Waals surface area contributed by atoms with E-state index in [0.717, 1.165) is 30.4 Å². The van der Waals surface area contributed by atoms with E-state index in [2.05, 4.69) is 0 Å². The minimum absolute atomic E-state index is 0.0146. The average molecular weight is 349 g/mol. The van der Waals surface area contributed by atoms with Crippen LogP contribution in [0.15, 0.2) is 36.4 Å². The van der Waals surface area contributed by atoms with Gasteiger partial charge >= 0.3 is 6.18 Å². The lowest BCUT2D eigenvalue weighted by molar-refractivity contribution is -0.137. The van der Waals surface area contributed by atoms with Crippen LogP contribution in [0.25, 0.3) is 11.1 Å². The molecule has 0 aliphatic rings. The maximum Gasteiger partial charge on any atom is 0.417 e. The zero-order valence-electron chi connectivity index (χ0n) is 14.4. The maximum absolute atomic E-state index is 13.6. The highest BCUT2D eigenvalue weighted by Gasteiger charge is 2.35. The van der Waals surface area contributed by atoms with Gasteiger partial charge in [-0.2, -0.15) is 13.2 Å². The molecule has 0 atom stereocenters. The second-order valence-electron chi connectivity index (χ2n) is 5.92. The van der Waals surface area contributed by atoms with Gasteiger partial charge in [0.05, 0.1) is 11.3 Å². The van der Waals surface area contributed by atoms with E-state index in [0.29, 0.717) is 11.1 Å². The molecule has 0 bridgehead atoms. The number of carbonyl (C=O) groups is 2. The number of aryl methyl sites for hydroxylation is 2. The molecule has 0 aliphatic heterocycles. The Hall–Kier alpha value is -2.63. The Labute approximate surface area is 144 Å². The smallest absolute Gasteiger partial charge is 0.274 e. The van der Waals surface area contributed by atoms with Gasteiger partial charge in [0.15, 0.2) is 0 Å². The van der Waals surface area contributed by atoms with Gasteiger partial charge in [0, 0.05) is 13.8 Å². The number of anilines is 1. The maximum atomic E-state index is 13.6. The molecule has 132 valence electrons. The second kappa shape index (κ2) is 6.70.